The van der Waals surface area contributed by atoms with Crippen LogP contribution in [0.2, 0.25) is 0 Å². The van der Waals surface area contributed by atoms with E-state index in [0.29, 0.717) is 12.0 Å². The lowest BCUT2D eigenvalue weighted by molar-refractivity contribution is 0.282. The van der Waals surface area contributed by atoms with Gasteiger partial charge in [-0.25, -0.2) is 0 Å². The maximum atomic E-state index is 9.18. The topological polar surface area (TPSA) is 35.8 Å². The summed E-state index contributed by atoms with van der Waals surface area (Å²) in [6.45, 7) is 6.25. The fraction of sp³-hybridized carbons (Fsp3) is 0.909. The van der Waals surface area contributed by atoms with Gasteiger partial charge in [-0.3, -0.25) is 5.32 Å². The quantitative estimate of drug-likeness (QED) is 0.724. The zero-order valence-electron chi connectivity index (χ0n) is 8.93. The predicted octanol–water partition coefficient (Wildman–Crippen LogP) is 2.46. The van der Waals surface area contributed by atoms with Gasteiger partial charge in [0.05, 0.1) is 6.07 Å². The number of hydrogen-bond donors (Lipinski definition) is 1. The van der Waals surface area contributed by atoms with Crippen molar-refractivity contribution in [3.63, 3.8) is 0 Å². The lowest BCUT2D eigenvalue weighted by Gasteiger charge is -2.31. The molecular formula is C11H20N2. The van der Waals surface area contributed by atoms with Crippen LogP contribution in [-0.4, -0.2) is 11.6 Å². The van der Waals surface area contributed by atoms with Gasteiger partial charge in [0.25, 0.3) is 0 Å². The molecular weight excluding hydrogens is 160 g/mol. The lowest BCUT2D eigenvalue weighted by atomic mass is 9.85. The van der Waals surface area contributed by atoms with Gasteiger partial charge >= 0.3 is 0 Å². The summed E-state index contributed by atoms with van der Waals surface area (Å²) < 4.78 is 0. The first-order chi connectivity index (χ1) is 6.08. The van der Waals surface area contributed by atoms with Crippen molar-refractivity contribution in [2.24, 2.45) is 5.92 Å². The highest BCUT2D eigenvalue weighted by atomic mass is 15.0. The van der Waals surface area contributed by atoms with Crippen LogP contribution in [0.3, 0.4) is 0 Å². The minimum Gasteiger partial charge on any atom is -0.297 e. The Hall–Kier alpha value is -0.550. The van der Waals surface area contributed by atoms with Crippen LogP contribution in [0.25, 0.3) is 0 Å². The summed E-state index contributed by atoms with van der Waals surface area (Å²) in [7, 11) is 0. The molecule has 0 heterocycles. The predicted molar refractivity (Wildman–Crippen MR) is 54.2 cm³/mol. The van der Waals surface area contributed by atoms with Gasteiger partial charge in [-0.15, -0.1) is 0 Å². The highest BCUT2D eigenvalue weighted by molar-refractivity contribution is 5.09. The average molecular weight is 180 g/mol. The van der Waals surface area contributed by atoms with Gasteiger partial charge in [0.2, 0.25) is 0 Å². The fourth-order valence-corrected chi connectivity index (χ4v) is 2.34. The van der Waals surface area contributed by atoms with E-state index in [-0.39, 0.29) is 5.54 Å². The second-order valence-corrected chi connectivity index (χ2v) is 4.59. The molecule has 0 saturated heterocycles. The SMILES string of the molecule is CC(C)NC(C)(C#N)C1CCCC1. The van der Waals surface area contributed by atoms with E-state index in [9.17, 15) is 5.26 Å². The Morgan fingerprint density at radius 2 is 1.92 bits per heavy atom. The van der Waals surface area contributed by atoms with Crippen molar-refractivity contribution in [3.8, 4) is 6.07 Å². The molecule has 0 radical (unpaired) electrons. The van der Waals surface area contributed by atoms with Crippen LogP contribution in [0, 0.1) is 17.2 Å². The standard InChI is InChI=1S/C11H20N2/c1-9(2)13-11(3,8-12)10-6-4-5-7-10/h9-10,13H,4-7H2,1-3H3. The Morgan fingerprint density at radius 1 is 1.38 bits per heavy atom. The first-order valence-corrected chi connectivity index (χ1v) is 5.27. The molecule has 1 aliphatic carbocycles. The summed E-state index contributed by atoms with van der Waals surface area (Å²) in [6.07, 6.45) is 5.01. The molecule has 1 saturated carbocycles. The van der Waals surface area contributed by atoms with Gasteiger partial charge in [-0.2, -0.15) is 5.26 Å². The second kappa shape index (κ2) is 4.11. The van der Waals surface area contributed by atoms with E-state index >= 15 is 0 Å². The minimum absolute atomic E-state index is 0.301. The van der Waals surface area contributed by atoms with Crippen LogP contribution in [-0.2, 0) is 0 Å². The third-order valence-corrected chi connectivity index (χ3v) is 2.99. The van der Waals surface area contributed by atoms with E-state index in [1.807, 2.05) is 6.92 Å². The number of hydrogen-bond acceptors (Lipinski definition) is 2. The van der Waals surface area contributed by atoms with Gasteiger partial charge in [0, 0.05) is 6.04 Å². The second-order valence-electron chi connectivity index (χ2n) is 4.59. The molecule has 1 aliphatic rings. The van der Waals surface area contributed by atoms with Crippen molar-refractivity contribution in [2.45, 2.75) is 58.0 Å². The molecule has 13 heavy (non-hydrogen) atoms. The molecule has 0 aromatic heterocycles. The number of nitrogens with one attached hydrogen (secondary N) is 1. The molecule has 1 unspecified atom stereocenters. The molecule has 0 aromatic rings. The van der Waals surface area contributed by atoms with Crippen molar-refractivity contribution >= 4 is 0 Å². The summed E-state index contributed by atoms with van der Waals surface area (Å²) >= 11 is 0. The summed E-state index contributed by atoms with van der Waals surface area (Å²) in [5.41, 5.74) is -0.301. The van der Waals surface area contributed by atoms with Gasteiger partial charge in [-0.1, -0.05) is 12.8 Å². The summed E-state index contributed by atoms with van der Waals surface area (Å²) in [5.74, 6) is 0.555. The number of rotatable bonds is 3. The largest absolute Gasteiger partial charge is 0.297 e. The van der Waals surface area contributed by atoms with Crippen LogP contribution in [0.15, 0.2) is 0 Å². The monoisotopic (exact) mass is 180 g/mol. The average Bonchev–Trinajstić information content (AvgIpc) is 2.55. The Balaban J connectivity index is 2.63. The third kappa shape index (κ3) is 2.45. The van der Waals surface area contributed by atoms with Gasteiger partial charge in [0.1, 0.15) is 5.54 Å². The van der Waals surface area contributed by atoms with E-state index in [2.05, 4.69) is 25.2 Å². The fourth-order valence-electron chi connectivity index (χ4n) is 2.34. The molecule has 0 aromatic carbocycles. The van der Waals surface area contributed by atoms with E-state index in [1.165, 1.54) is 25.7 Å². The Labute approximate surface area is 81.3 Å². The Bertz CT molecular complexity index is 199. The molecule has 0 aliphatic heterocycles. The molecule has 0 spiro atoms. The normalized spacial score (nSPS) is 23.0. The molecule has 2 heteroatoms. The van der Waals surface area contributed by atoms with Crippen LogP contribution >= 0.6 is 0 Å². The first kappa shape index (κ1) is 10.5. The van der Waals surface area contributed by atoms with Crippen molar-refractivity contribution < 1.29 is 0 Å². The number of nitrogens with zero attached hydrogens (tertiary/aromatic N) is 1. The van der Waals surface area contributed by atoms with Gasteiger partial charge in [0.15, 0.2) is 0 Å². The number of nitriles is 1. The van der Waals surface area contributed by atoms with Crippen LogP contribution in [0.4, 0.5) is 0 Å². The van der Waals surface area contributed by atoms with Gasteiger partial charge in [-0.05, 0) is 39.5 Å². The molecule has 1 rings (SSSR count). The van der Waals surface area contributed by atoms with Crippen molar-refractivity contribution in [1.82, 2.24) is 5.32 Å². The highest BCUT2D eigenvalue weighted by Crippen LogP contribution is 2.33. The van der Waals surface area contributed by atoms with Crippen molar-refractivity contribution in [1.29, 1.82) is 5.26 Å². The van der Waals surface area contributed by atoms with E-state index in [1.54, 1.807) is 0 Å². The smallest absolute Gasteiger partial charge is 0.106 e. The van der Waals surface area contributed by atoms with Crippen LogP contribution < -0.4 is 5.32 Å². The zero-order valence-corrected chi connectivity index (χ0v) is 8.93. The Morgan fingerprint density at radius 3 is 2.31 bits per heavy atom. The molecule has 1 N–H and O–H groups in total. The highest BCUT2D eigenvalue weighted by Gasteiger charge is 2.36. The molecule has 74 valence electrons. The van der Waals surface area contributed by atoms with Crippen molar-refractivity contribution in [3.05, 3.63) is 0 Å². The summed E-state index contributed by atoms with van der Waals surface area (Å²) in [4.78, 5) is 0. The van der Waals surface area contributed by atoms with E-state index < -0.39 is 0 Å². The minimum atomic E-state index is -0.301. The maximum Gasteiger partial charge on any atom is 0.106 e. The zero-order chi connectivity index (χ0) is 9.90. The van der Waals surface area contributed by atoms with Crippen LogP contribution in [0.1, 0.15) is 46.5 Å². The van der Waals surface area contributed by atoms with Crippen LogP contribution in [0.5, 0.6) is 0 Å². The van der Waals surface area contributed by atoms with Crippen molar-refractivity contribution in [2.75, 3.05) is 0 Å². The third-order valence-electron chi connectivity index (χ3n) is 2.99. The van der Waals surface area contributed by atoms with E-state index in [0.717, 1.165) is 0 Å². The summed E-state index contributed by atoms with van der Waals surface area (Å²) in [5, 5.41) is 12.6. The molecule has 2 nitrogen and oxygen atoms in total. The first-order valence-electron chi connectivity index (χ1n) is 5.27. The Kier molecular flexibility index (Phi) is 3.33. The molecule has 0 amide bonds. The summed E-state index contributed by atoms with van der Waals surface area (Å²) in [6, 6.07) is 2.83. The molecule has 1 fully saturated rings. The molecule has 0 bridgehead atoms. The van der Waals surface area contributed by atoms with E-state index in [4.69, 9.17) is 0 Å². The van der Waals surface area contributed by atoms with Gasteiger partial charge < -0.3 is 0 Å². The maximum absolute atomic E-state index is 9.18. The molecule has 1 atom stereocenters. The lowest BCUT2D eigenvalue weighted by Crippen LogP contribution is -2.49.